The zero-order valence-electron chi connectivity index (χ0n) is 14.3. The lowest BCUT2D eigenvalue weighted by Crippen LogP contribution is -1.95. The van der Waals surface area contributed by atoms with Crippen molar-refractivity contribution in [3.05, 3.63) is 0 Å². The summed E-state index contributed by atoms with van der Waals surface area (Å²) in [6, 6.07) is 0. The van der Waals surface area contributed by atoms with Gasteiger partial charge in [-0.15, -0.1) is 0 Å². The zero-order valence-corrected chi connectivity index (χ0v) is 14.3. The maximum absolute atomic E-state index is 10.3. The van der Waals surface area contributed by atoms with Crippen molar-refractivity contribution in [2.75, 3.05) is 0 Å². The Morgan fingerprint density at radius 2 is 1.05 bits per heavy atom. The van der Waals surface area contributed by atoms with Gasteiger partial charge in [0.2, 0.25) is 0 Å². The Balaban J connectivity index is 0. The molecule has 0 amide bonds. The lowest BCUT2D eigenvalue weighted by Gasteiger charge is -1.99. The second-order valence-corrected chi connectivity index (χ2v) is 6.13. The molecular formula is C18H38O. The topological polar surface area (TPSA) is 17.1 Å². The summed E-state index contributed by atoms with van der Waals surface area (Å²) in [4.78, 5) is 10.3. The van der Waals surface area contributed by atoms with Gasteiger partial charge < -0.3 is 4.79 Å². The first-order valence-electron chi connectivity index (χ1n) is 8.53. The summed E-state index contributed by atoms with van der Waals surface area (Å²) >= 11 is 0. The number of carbonyl (C=O) groups is 1. The Labute approximate surface area is 122 Å². The van der Waals surface area contributed by atoms with Crippen LogP contribution in [0.15, 0.2) is 0 Å². The second-order valence-electron chi connectivity index (χ2n) is 6.13. The molecule has 0 unspecified atom stereocenters. The van der Waals surface area contributed by atoms with Crippen LogP contribution < -0.4 is 0 Å². The van der Waals surface area contributed by atoms with Gasteiger partial charge in [-0.2, -0.15) is 0 Å². The molecule has 0 aliphatic heterocycles. The van der Waals surface area contributed by atoms with Crippen LogP contribution in [-0.2, 0) is 4.79 Å². The van der Waals surface area contributed by atoms with Gasteiger partial charge in [-0.1, -0.05) is 91.9 Å². The van der Waals surface area contributed by atoms with Crippen LogP contribution >= 0.6 is 0 Å². The Bertz CT molecular complexity index is 163. The molecular weight excluding hydrogens is 232 g/mol. The van der Waals surface area contributed by atoms with E-state index in [1.165, 1.54) is 64.2 Å². The molecule has 0 saturated carbocycles. The predicted molar refractivity (Wildman–Crippen MR) is 87.7 cm³/mol. The van der Waals surface area contributed by atoms with Crippen molar-refractivity contribution >= 4 is 5.78 Å². The average molecular weight is 271 g/mol. The first-order chi connectivity index (χ1) is 9.04. The summed E-state index contributed by atoms with van der Waals surface area (Å²) in [7, 11) is 0. The molecule has 0 heterocycles. The van der Waals surface area contributed by atoms with Gasteiger partial charge in [0.05, 0.1) is 0 Å². The van der Waals surface area contributed by atoms with Gasteiger partial charge in [-0.3, -0.25) is 0 Å². The summed E-state index contributed by atoms with van der Waals surface area (Å²) in [5.41, 5.74) is 0. The molecule has 0 aliphatic rings. The molecule has 0 bridgehead atoms. The molecule has 116 valence electrons. The number of hydrogen-bond acceptors (Lipinski definition) is 1. The lowest BCUT2D eigenvalue weighted by atomic mass is 10.1. The van der Waals surface area contributed by atoms with Gasteiger partial charge >= 0.3 is 0 Å². The summed E-state index contributed by atoms with van der Waals surface area (Å²) < 4.78 is 0. The van der Waals surface area contributed by atoms with Gasteiger partial charge in [0.25, 0.3) is 0 Å². The number of unbranched alkanes of at least 4 members (excludes halogenated alkanes) is 9. The Kier molecular flexibility index (Phi) is 19.5. The Morgan fingerprint density at radius 3 is 1.21 bits per heavy atom. The van der Waals surface area contributed by atoms with Crippen molar-refractivity contribution in [2.45, 2.75) is 105 Å². The molecule has 0 aliphatic carbocycles. The molecule has 1 heteroatoms. The minimum absolute atomic E-state index is 0.287. The van der Waals surface area contributed by atoms with E-state index in [1.54, 1.807) is 6.92 Å². The van der Waals surface area contributed by atoms with Gasteiger partial charge in [0.1, 0.15) is 5.78 Å². The summed E-state index contributed by atoms with van der Waals surface area (Å²) in [6.07, 6.45) is 15.2. The third-order valence-electron chi connectivity index (χ3n) is 3.15. The van der Waals surface area contributed by atoms with Crippen LogP contribution in [0.1, 0.15) is 105 Å². The summed E-state index contributed by atoms with van der Waals surface area (Å²) in [6.45, 7) is 10.3. The normalized spacial score (nSPS) is 10.2. The molecule has 0 aromatic rings. The molecule has 0 N–H and O–H groups in total. The van der Waals surface area contributed by atoms with Crippen LogP contribution in [0.5, 0.6) is 0 Å². The van der Waals surface area contributed by atoms with Crippen molar-refractivity contribution in [1.82, 2.24) is 0 Å². The smallest absolute Gasteiger partial charge is 0.130 e. The van der Waals surface area contributed by atoms with Gasteiger partial charge in [0.15, 0.2) is 0 Å². The summed E-state index contributed by atoms with van der Waals surface area (Å²) in [5, 5.41) is 0. The van der Waals surface area contributed by atoms with Crippen molar-refractivity contribution in [3.8, 4) is 0 Å². The molecule has 0 aromatic heterocycles. The van der Waals surface area contributed by atoms with E-state index in [9.17, 15) is 4.79 Å². The van der Waals surface area contributed by atoms with E-state index in [2.05, 4.69) is 13.8 Å². The van der Waals surface area contributed by atoms with Gasteiger partial charge in [0, 0.05) is 6.42 Å². The minimum Gasteiger partial charge on any atom is -0.300 e. The van der Waals surface area contributed by atoms with E-state index in [4.69, 9.17) is 0 Å². The van der Waals surface area contributed by atoms with E-state index in [0.717, 1.165) is 6.42 Å². The molecule has 0 rings (SSSR count). The molecule has 0 spiro atoms. The predicted octanol–water partition coefficient (Wildman–Crippen LogP) is 6.55. The minimum atomic E-state index is 0.287. The van der Waals surface area contributed by atoms with Crippen LogP contribution in [0.4, 0.5) is 0 Å². The van der Waals surface area contributed by atoms with Gasteiger partial charge in [-0.05, 0) is 12.8 Å². The maximum Gasteiger partial charge on any atom is 0.130 e. The Morgan fingerprint density at radius 1 is 0.737 bits per heavy atom. The fourth-order valence-corrected chi connectivity index (χ4v) is 2.14. The van der Waals surface area contributed by atoms with Crippen molar-refractivity contribution in [2.24, 2.45) is 5.92 Å². The highest BCUT2D eigenvalue weighted by Gasteiger charge is 1.95. The third-order valence-corrected chi connectivity index (χ3v) is 3.15. The largest absolute Gasteiger partial charge is 0.300 e. The summed E-state index contributed by atoms with van der Waals surface area (Å²) in [5.74, 6) is 0.813. The fourth-order valence-electron chi connectivity index (χ4n) is 2.14. The van der Waals surface area contributed by atoms with Crippen LogP contribution in [0.3, 0.4) is 0 Å². The molecule has 0 atom stereocenters. The molecule has 19 heavy (non-hydrogen) atoms. The number of hydrogen-bond donors (Lipinski definition) is 0. The van der Waals surface area contributed by atoms with E-state index < -0.39 is 0 Å². The van der Waals surface area contributed by atoms with Crippen molar-refractivity contribution < 1.29 is 4.79 Å². The Hall–Kier alpha value is -0.330. The lowest BCUT2D eigenvalue weighted by molar-refractivity contribution is -0.117. The molecule has 0 aromatic carbocycles. The first-order valence-corrected chi connectivity index (χ1v) is 8.53. The van der Waals surface area contributed by atoms with Crippen LogP contribution in [0.25, 0.3) is 0 Å². The first kappa shape index (κ1) is 21.0. The standard InChI is InChI=1S/C12H26.C6H12O/c1-3-5-7-9-11-12-10-8-6-4-2;1-5(2)4-6(3)7/h3-12H2,1-2H3;5H,4H2,1-3H3. The van der Waals surface area contributed by atoms with E-state index in [1.807, 2.05) is 13.8 Å². The second kappa shape index (κ2) is 17.7. The van der Waals surface area contributed by atoms with Crippen LogP contribution in [0.2, 0.25) is 0 Å². The molecule has 1 nitrogen and oxygen atoms in total. The number of rotatable bonds is 11. The number of ketones is 1. The SMILES string of the molecule is CC(=O)CC(C)C.CCCCCCCCCCCC. The quantitative estimate of drug-likeness (QED) is 0.389. The van der Waals surface area contributed by atoms with E-state index >= 15 is 0 Å². The highest BCUT2D eigenvalue weighted by molar-refractivity contribution is 5.75. The van der Waals surface area contributed by atoms with Crippen LogP contribution in [0, 0.1) is 5.92 Å². The maximum atomic E-state index is 10.3. The monoisotopic (exact) mass is 270 g/mol. The molecule has 0 radical (unpaired) electrons. The zero-order chi connectivity index (χ0) is 14.9. The molecule has 0 fully saturated rings. The highest BCUT2D eigenvalue weighted by Crippen LogP contribution is 2.09. The van der Waals surface area contributed by atoms with Crippen molar-refractivity contribution in [1.29, 1.82) is 0 Å². The highest BCUT2D eigenvalue weighted by atomic mass is 16.1. The number of Topliss-reactive ketones (excluding diaryl/α,β-unsaturated/α-hetero) is 1. The van der Waals surface area contributed by atoms with Gasteiger partial charge in [-0.25, -0.2) is 0 Å². The number of carbonyl (C=O) groups excluding carboxylic acids is 1. The van der Waals surface area contributed by atoms with Crippen LogP contribution in [-0.4, -0.2) is 5.78 Å². The van der Waals surface area contributed by atoms with Crippen molar-refractivity contribution in [3.63, 3.8) is 0 Å². The fraction of sp³-hybridized carbons (Fsp3) is 0.944. The third kappa shape index (κ3) is 27.0. The van der Waals surface area contributed by atoms with E-state index in [-0.39, 0.29) is 5.78 Å². The molecule has 0 saturated heterocycles. The van der Waals surface area contributed by atoms with E-state index in [0.29, 0.717) is 5.92 Å². The average Bonchev–Trinajstić information content (AvgIpc) is 2.32.